The zero-order valence-corrected chi connectivity index (χ0v) is 18.2. The van der Waals surface area contributed by atoms with Crippen molar-refractivity contribution in [2.45, 2.75) is 34.2 Å². The number of hydrogen-bond donors (Lipinski definition) is 1. The molecule has 1 N–H and O–H groups in total. The highest BCUT2D eigenvalue weighted by Gasteiger charge is 2.18. The van der Waals surface area contributed by atoms with Gasteiger partial charge in [0.2, 0.25) is 0 Å². The molecule has 1 aromatic heterocycles. The van der Waals surface area contributed by atoms with Crippen molar-refractivity contribution in [1.82, 2.24) is 4.57 Å². The first kappa shape index (κ1) is 21.8. The molecule has 0 aliphatic carbocycles. The number of ether oxygens (including phenoxy) is 1. The van der Waals surface area contributed by atoms with Crippen LogP contribution >= 0.6 is 0 Å². The SMILES string of the molecule is CCOC(=O)Cn1c(C)c(/C=C(\C#N)C(=O)Nc2ccc(C)c(C)c2)c2ccccc21. The highest BCUT2D eigenvalue weighted by molar-refractivity contribution is 6.11. The Hall–Kier alpha value is -3.85. The molecule has 1 amide bonds. The molecule has 6 nitrogen and oxygen atoms in total. The van der Waals surface area contributed by atoms with Crippen LogP contribution in [0.2, 0.25) is 0 Å². The molecule has 0 atom stereocenters. The number of esters is 1. The normalized spacial score (nSPS) is 11.3. The Morgan fingerprint density at radius 2 is 1.87 bits per heavy atom. The van der Waals surface area contributed by atoms with E-state index < -0.39 is 5.91 Å². The van der Waals surface area contributed by atoms with Crippen LogP contribution in [-0.2, 0) is 20.9 Å². The van der Waals surface area contributed by atoms with Crippen LogP contribution in [-0.4, -0.2) is 23.1 Å². The number of nitrogens with one attached hydrogen (secondary N) is 1. The van der Waals surface area contributed by atoms with Crippen molar-refractivity contribution < 1.29 is 14.3 Å². The molecule has 2 aromatic carbocycles. The second-order valence-corrected chi connectivity index (χ2v) is 7.33. The van der Waals surface area contributed by atoms with Gasteiger partial charge in [0, 0.05) is 27.8 Å². The van der Waals surface area contributed by atoms with Crippen LogP contribution in [0.15, 0.2) is 48.0 Å². The van der Waals surface area contributed by atoms with Gasteiger partial charge in [-0.25, -0.2) is 0 Å². The quantitative estimate of drug-likeness (QED) is 0.360. The fraction of sp³-hybridized carbons (Fsp3) is 0.240. The molecule has 0 aliphatic heterocycles. The maximum absolute atomic E-state index is 12.8. The van der Waals surface area contributed by atoms with Gasteiger partial charge in [-0.05, 0) is 63.1 Å². The summed E-state index contributed by atoms with van der Waals surface area (Å²) >= 11 is 0. The van der Waals surface area contributed by atoms with E-state index in [1.54, 1.807) is 13.0 Å². The molecule has 158 valence electrons. The summed E-state index contributed by atoms with van der Waals surface area (Å²) in [6, 6.07) is 15.2. The third kappa shape index (κ3) is 4.67. The lowest BCUT2D eigenvalue weighted by atomic mass is 10.1. The highest BCUT2D eigenvalue weighted by Crippen LogP contribution is 2.28. The number of carbonyl (C=O) groups excluding carboxylic acids is 2. The minimum Gasteiger partial charge on any atom is -0.465 e. The summed E-state index contributed by atoms with van der Waals surface area (Å²) in [6.07, 6.45) is 1.58. The average molecular weight is 415 g/mol. The highest BCUT2D eigenvalue weighted by atomic mass is 16.5. The zero-order chi connectivity index (χ0) is 22.5. The topological polar surface area (TPSA) is 84.1 Å². The fourth-order valence-corrected chi connectivity index (χ4v) is 3.49. The molecule has 0 fully saturated rings. The first-order chi connectivity index (χ1) is 14.8. The Kier molecular flexibility index (Phi) is 6.56. The monoisotopic (exact) mass is 415 g/mol. The van der Waals surface area contributed by atoms with E-state index in [2.05, 4.69) is 5.32 Å². The van der Waals surface area contributed by atoms with Gasteiger partial charge in [-0.1, -0.05) is 24.3 Å². The molecule has 31 heavy (non-hydrogen) atoms. The lowest BCUT2D eigenvalue weighted by Crippen LogP contribution is -2.14. The number of para-hydroxylation sites is 1. The van der Waals surface area contributed by atoms with Gasteiger partial charge >= 0.3 is 5.97 Å². The first-order valence-corrected chi connectivity index (χ1v) is 10.1. The number of aromatic nitrogens is 1. The van der Waals surface area contributed by atoms with E-state index in [1.165, 1.54) is 0 Å². The maximum atomic E-state index is 12.8. The number of aryl methyl sites for hydroxylation is 2. The Morgan fingerprint density at radius 1 is 1.13 bits per heavy atom. The number of anilines is 1. The molecule has 3 aromatic rings. The number of nitriles is 1. The van der Waals surface area contributed by atoms with Crippen molar-refractivity contribution in [2.75, 3.05) is 11.9 Å². The molecule has 0 unspecified atom stereocenters. The number of benzene rings is 2. The lowest BCUT2D eigenvalue weighted by molar-refractivity contribution is -0.143. The third-order valence-corrected chi connectivity index (χ3v) is 5.29. The predicted molar refractivity (Wildman–Crippen MR) is 121 cm³/mol. The number of hydrogen-bond acceptors (Lipinski definition) is 4. The Balaban J connectivity index is 2.00. The Labute approximate surface area is 181 Å². The van der Waals surface area contributed by atoms with Crippen molar-refractivity contribution in [1.29, 1.82) is 5.26 Å². The van der Waals surface area contributed by atoms with E-state index in [9.17, 15) is 14.9 Å². The fourth-order valence-electron chi connectivity index (χ4n) is 3.49. The molecule has 6 heteroatoms. The van der Waals surface area contributed by atoms with E-state index in [0.717, 1.165) is 33.3 Å². The van der Waals surface area contributed by atoms with Crippen LogP contribution in [0.25, 0.3) is 17.0 Å². The van der Waals surface area contributed by atoms with Gasteiger partial charge in [0.1, 0.15) is 18.2 Å². The molecule has 0 spiro atoms. The number of carbonyl (C=O) groups is 2. The smallest absolute Gasteiger partial charge is 0.325 e. The molecule has 0 radical (unpaired) electrons. The number of fused-ring (bicyclic) bond motifs is 1. The summed E-state index contributed by atoms with van der Waals surface area (Å²) < 4.78 is 6.93. The summed E-state index contributed by atoms with van der Waals surface area (Å²) in [6.45, 7) is 7.96. The standard InChI is InChI=1S/C25H25N3O3/c1-5-31-24(29)15-28-18(4)22(21-8-6-7-9-23(21)28)13-19(14-26)25(30)27-20-11-10-16(2)17(3)12-20/h6-13H,5,15H2,1-4H3,(H,27,30)/b19-13+. The number of rotatable bonds is 6. The molecule has 3 rings (SSSR count). The largest absolute Gasteiger partial charge is 0.465 e. The molecule has 1 heterocycles. The van der Waals surface area contributed by atoms with Crippen LogP contribution in [0.4, 0.5) is 5.69 Å². The number of amides is 1. The van der Waals surface area contributed by atoms with Crippen LogP contribution < -0.4 is 5.32 Å². The van der Waals surface area contributed by atoms with E-state index in [1.807, 2.05) is 73.9 Å². The maximum Gasteiger partial charge on any atom is 0.325 e. The van der Waals surface area contributed by atoms with Crippen molar-refractivity contribution in [3.05, 3.63) is 70.4 Å². The van der Waals surface area contributed by atoms with Crippen molar-refractivity contribution in [3.8, 4) is 6.07 Å². The lowest BCUT2D eigenvalue weighted by Gasteiger charge is -2.08. The predicted octanol–water partition coefficient (Wildman–Crippen LogP) is 4.68. The van der Waals surface area contributed by atoms with Crippen LogP contribution in [0.3, 0.4) is 0 Å². The van der Waals surface area contributed by atoms with Crippen LogP contribution in [0.1, 0.15) is 29.3 Å². The van der Waals surface area contributed by atoms with Gasteiger partial charge < -0.3 is 14.6 Å². The van der Waals surface area contributed by atoms with Crippen molar-refractivity contribution in [2.24, 2.45) is 0 Å². The van der Waals surface area contributed by atoms with Crippen molar-refractivity contribution >= 4 is 34.5 Å². The molecule has 0 bridgehead atoms. The van der Waals surface area contributed by atoms with Gasteiger partial charge in [-0.3, -0.25) is 9.59 Å². The van der Waals surface area contributed by atoms with Crippen LogP contribution in [0, 0.1) is 32.1 Å². The molecule has 0 saturated heterocycles. The Morgan fingerprint density at radius 3 is 2.55 bits per heavy atom. The van der Waals surface area contributed by atoms with E-state index in [0.29, 0.717) is 12.3 Å². The first-order valence-electron chi connectivity index (χ1n) is 10.1. The second kappa shape index (κ2) is 9.31. The summed E-state index contributed by atoms with van der Waals surface area (Å²) in [5, 5.41) is 13.3. The van der Waals surface area contributed by atoms with Gasteiger partial charge in [0.05, 0.1) is 6.61 Å². The number of nitrogens with zero attached hydrogens (tertiary/aromatic N) is 2. The zero-order valence-electron chi connectivity index (χ0n) is 18.2. The van der Waals surface area contributed by atoms with Gasteiger partial charge in [-0.2, -0.15) is 5.26 Å². The molecular formula is C25H25N3O3. The van der Waals surface area contributed by atoms with E-state index >= 15 is 0 Å². The average Bonchev–Trinajstić information content (AvgIpc) is 3.00. The van der Waals surface area contributed by atoms with Gasteiger partial charge in [0.25, 0.3) is 5.91 Å². The molecule has 0 aliphatic rings. The van der Waals surface area contributed by atoms with Gasteiger partial charge in [0.15, 0.2) is 0 Å². The van der Waals surface area contributed by atoms with E-state index in [4.69, 9.17) is 4.74 Å². The molecule has 0 saturated carbocycles. The Bertz CT molecular complexity index is 1230. The van der Waals surface area contributed by atoms with Gasteiger partial charge in [-0.15, -0.1) is 0 Å². The third-order valence-electron chi connectivity index (χ3n) is 5.29. The minimum atomic E-state index is -0.479. The van der Waals surface area contributed by atoms with E-state index in [-0.39, 0.29) is 18.1 Å². The van der Waals surface area contributed by atoms with Crippen molar-refractivity contribution in [3.63, 3.8) is 0 Å². The summed E-state index contributed by atoms with van der Waals surface area (Å²) in [5.41, 5.74) is 5.15. The van der Waals surface area contributed by atoms with Crippen LogP contribution in [0.5, 0.6) is 0 Å². The minimum absolute atomic E-state index is 0.0136. The molecular weight excluding hydrogens is 390 g/mol. The summed E-state index contributed by atoms with van der Waals surface area (Å²) in [7, 11) is 0. The summed E-state index contributed by atoms with van der Waals surface area (Å²) in [4.78, 5) is 24.9. The summed E-state index contributed by atoms with van der Waals surface area (Å²) in [5.74, 6) is -0.817. The second-order valence-electron chi connectivity index (χ2n) is 7.33.